The van der Waals surface area contributed by atoms with Gasteiger partial charge in [0, 0.05) is 112 Å². The number of hydrogen-bond acceptors (Lipinski definition) is 14. The summed E-state index contributed by atoms with van der Waals surface area (Å²) in [5, 5.41) is 31.0. The quantitative estimate of drug-likeness (QED) is 0.0816. The maximum absolute atomic E-state index is 13.5. The summed E-state index contributed by atoms with van der Waals surface area (Å²) in [7, 11) is 2.16. The van der Waals surface area contributed by atoms with Crippen LogP contribution in [0.25, 0.3) is 5.65 Å². The van der Waals surface area contributed by atoms with E-state index < -0.39 is 0 Å². The molecule has 1 amide bonds. The van der Waals surface area contributed by atoms with Gasteiger partial charge < -0.3 is 40.1 Å². The Morgan fingerprint density at radius 2 is 1.68 bits per heavy atom. The van der Waals surface area contributed by atoms with Crippen molar-refractivity contribution in [3.8, 4) is 11.8 Å². The molecule has 0 spiro atoms. The van der Waals surface area contributed by atoms with Gasteiger partial charge >= 0.3 is 0 Å². The number of nitrogens with one attached hydrogen (secondary N) is 2. The summed E-state index contributed by atoms with van der Waals surface area (Å²) < 4.78 is 8.31. The van der Waals surface area contributed by atoms with Crippen LogP contribution in [0.2, 0.25) is 5.02 Å². The van der Waals surface area contributed by atoms with Crippen LogP contribution in [0.15, 0.2) is 61.2 Å². The summed E-state index contributed by atoms with van der Waals surface area (Å²) in [4.78, 5) is 42.4. The molecular weight excluding hydrogens is 914 g/mol. The molecule has 71 heavy (non-hydrogen) atoms. The van der Waals surface area contributed by atoms with Crippen LogP contribution in [0.3, 0.4) is 0 Å². The van der Waals surface area contributed by atoms with Crippen LogP contribution in [0, 0.1) is 34.0 Å². The van der Waals surface area contributed by atoms with Crippen molar-refractivity contribution >= 4 is 46.6 Å². The van der Waals surface area contributed by atoms with Gasteiger partial charge in [-0.05, 0) is 106 Å². The molecule has 3 saturated heterocycles. The van der Waals surface area contributed by atoms with Crippen molar-refractivity contribution in [1.29, 1.82) is 5.26 Å². The van der Waals surface area contributed by atoms with E-state index in [1.807, 2.05) is 16.9 Å². The minimum atomic E-state index is -0.369. The number of ether oxygens (including phenoxy) is 1. The fourth-order valence-electron chi connectivity index (χ4n) is 12.1. The van der Waals surface area contributed by atoms with Gasteiger partial charge in [-0.15, -0.1) is 0 Å². The first-order valence-electron chi connectivity index (χ1n) is 25.9. The topological polar surface area (TPSA) is 176 Å². The third kappa shape index (κ3) is 10.9. The Bertz CT molecular complexity index is 2640. The number of benzene rings is 1. The fraction of sp³-hybridized carbons (Fsp3) is 0.574. The van der Waals surface area contributed by atoms with Crippen LogP contribution in [-0.2, 0) is 13.0 Å². The molecule has 7 heterocycles. The second kappa shape index (κ2) is 21.5. The molecule has 9 rings (SSSR count). The van der Waals surface area contributed by atoms with Crippen molar-refractivity contribution in [2.45, 2.75) is 117 Å². The zero-order valence-electron chi connectivity index (χ0n) is 42.4. The van der Waals surface area contributed by atoms with Gasteiger partial charge in [0.2, 0.25) is 5.95 Å². The molecule has 0 unspecified atom stereocenters. The maximum Gasteiger partial charge on any atom is 0.254 e. The first-order valence-corrected chi connectivity index (χ1v) is 26.2. The number of piperidine rings is 3. The first-order chi connectivity index (χ1) is 34.2. The van der Waals surface area contributed by atoms with Gasteiger partial charge in [-0.2, -0.15) is 14.9 Å². The number of likely N-dealkylation sites (tertiary alicyclic amines) is 1. The number of halogens is 1. The average molecular weight is 987 g/mol. The second-order valence-electron chi connectivity index (χ2n) is 21.6. The molecule has 4 aliphatic rings. The average Bonchev–Trinajstić information content (AvgIpc) is 3.81. The standard InChI is InChI=1S/C54H72ClN13O3/c1-7-39-33-61-68-46(27-47(62-48(39)68)67-20-9-8-10-42(67)19-25-69)58-30-38-11-14-45(57-29-38)64(6)34-36-15-21-65(22-16-36)35-37-17-23-66(24-18-37)52-59-31-41(32-60-52)49(70)63-50-53(2,3)51(54(50,4)5)71-43-13-12-40(28-56)44(55)26-43/h11-14,26-27,29,31-33,36-37,42,50-51,58,69H,7-10,15-25,30,34-35H2,1-6H3,(H,63,70)/t42-,50?,51?/m0/s1. The number of amides is 1. The smallest absolute Gasteiger partial charge is 0.254 e. The number of aliphatic hydroxyl groups is 1. The molecule has 16 nitrogen and oxygen atoms in total. The Kier molecular flexibility index (Phi) is 15.2. The third-order valence-corrected chi connectivity index (χ3v) is 16.3. The minimum absolute atomic E-state index is 0.154. The normalized spacial score (nSPS) is 21.6. The first kappa shape index (κ1) is 50.2. The number of fused-ring (bicyclic) bond motifs is 1. The molecule has 1 atom stereocenters. The molecule has 1 aromatic carbocycles. The number of hydrogen-bond donors (Lipinski definition) is 3. The number of aryl methyl sites for hydroxylation is 1. The number of rotatable bonds is 17. The number of carbonyl (C=O) groups is 1. The Balaban J connectivity index is 0.696. The van der Waals surface area contributed by atoms with Gasteiger partial charge in [0.15, 0.2) is 5.65 Å². The van der Waals surface area contributed by atoms with Gasteiger partial charge in [-0.25, -0.2) is 19.9 Å². The van der Waals surface area contributed by atoms with Crippen LogP contribution in [-0.4, -0.2) is 123 Å². The van der Waals surface area contributed by atoms with Gasteiger partial charge in [-0.1, -0.05) is 52.3 Å². The highest BCUT2D eigenvalue weighted by molar-refractivity contribution is 6.31. The van der Waals surface area contributed by atoms with E-state index in [0.717, 1.165) is 119 Å². The number of anilines is 4. The van der Waals surface area contributed by atoms with Crippen LogP contribution in [0.1, 0.15) is 113 Å². The Labute approximate surface area is 424 Å². The minimum Gasteiger partial charge on any atom is -0.489 e. The van der Waals surface area contributed by atoms with E-state index >= 15 is 0 Å². The van der Waals surface area contributed by atoms with Crippen molar-refractivity contribution in [1.82, 2.24) is 39.8 Å². The number of aromatic nitrogens is 6. The zero-order chi connectivity index (χ0) is 49.9. The highest BCUT2D eigenvalue weighted by Crippen LogP contribution is 2.55. The SMILES string of the molecule is CCc1cnn2c(NCc3ccc(N(C)CC4CCN(CC5CCN(c6ncc(C(=O)NC7C(C)(C)C(Oc8ccc(C#N)c(Cl)c8)C7(C)C)cn6)CC5)CC4)nc3)cc(N3CCCC[C@H]3CCO)nc12. The predicted octanol–water partition coefficient (Wildman–Crippen LogP) is 8.03. The summed E-state index contributed by atoms with van der Waals surface area (Å²) in [6.07, 6.45) is 16.6. The molecule has 0 bridgehead atoms. The van der Waals surface area contributed by atoms with E-state index in [4.69, 9.17) is 31.4 Å². The van der Waals surface area contributed by atoms with E-state index in [1.54, 1.807) is 30.6 Å². The lowest BCUT2D eigenvalue weighted by Crippen LogP contribution is -2.74. The monoisotopic (exact) mass is 986 g/mol. The van der Waals surface area contributed by atoms with Crippen molar-refractivity contribution < 1.29 is 14.6 Å². The number of carbonyl (C=O) groups excluding carboxylic acids is 1. The molecular formula is C54H72ClN13O3. The highest BCUT2D eigenvalue weighted by Gasteiger charge is 2.64. The third-order valence-electron chi connectivity index (χ3n) is 16.0. The number of nitrogens with zero attached hydrogens (tertiary/aromatic N) is 11. The van der Waals surface area contributed by atoms with Crippen molar-refractivity contribution in [3.05, 3.63) is 88.5 Å². The summed E-state index contributed by atoms with van der Waals surface area (Å²) in [5.74, 6) is 5.19. The highest BCUT2D eigenvalue weighted by atomic mass is 35.5. The van der Waals surface area contributed by atoms with Crippen LogP contribution >= 0.6 is 11.6 Å². The molecule has 378 valence electrons. The molecule has 17 heteroatoms. The number of nitriles is 1. The Hall–Kier alpha value is -5.76. The van der Waals surface area contributed by atoms with Gasteiger partial charge in [0.25, 0.3) is 5.91 Å². The molecule has 3 aliphatic heterocycles. The molecule has 5 aromatic rings. The van der Waals surface area contributed by atoms with Crippen molar-refractivity contribution in [3.63, 3.8) is 0 Å². The lowest BCUT2D eigenvalue weighted by atomic mass is 9.49. The maximum atomic E-state index is 13.5. The second-order valence-corrected chi connectivity index (χ2v) is 22.0. The molecule has 4 fully saturated rings. The summed E-state index contributed by atoms with van der Waals surface area (Å²) in [6.45, 7) is 18.4. The predicted molar refractivity (Wildman–Crippen MR) is 279 cm³/mol. The van der Waals surface area contributed by atoms with Gasteiger partial charge in [0.05, 0.1) is 22.3 Å². The van der Waals surface area contributed by atoms with Gasteiger partial charge in [0.1, 0.15) is 35.4 Å². The van der Waals surface area contributed by atoms with E-state index in [0.29, 0.717) is 52.3 Å². The summed E-state index contributed by atoms with van der Waals surface area (Å²) in [5.41, 5.74) is 3.22. The van der Waals surface area contributed by atoms with E-state index in [1.165, 1.54) is 19.3 Å². The Morgan fingerprint density at radius 1 is 0.930 bits per heavy atom. The summed E-state index contributed by atoms with van der Waals surface area (Å²) in [6, 6.07) is 13.8. The van der Waals surface area contributed by atoms with E-state index in [-0.39, 0.29) is 35.5 Å². The fourth-order valence-corrected chi connectivity index (χ4v) is 12.3. The Morgan fingerprint density at radius 3 is 2.35 bits per heavy atom. The largest absolute Gasteiger partial charge is 0.489 e. The van der Waals surface area contributed by atoms with Crippen LogP contribution in [0.4, 0.5) is 23.4 Å². The van der Waals surface area contributed by atoms with E-state index in [2.05, 4.69) is 106 Å². The molecule has 1 saturated carbocycles. The van der Waals surface area contributed by atoms with Crippen LogP contribution < -0.4 is 30.1 Å². The molecule has 4 aromatic heterocycles. The van der Waals surface area contributed by atoms with Crippen LogP contribution in [0.5, 0.6) is 5.75 Å². The number of pyridine rings is 1. The number of aliphatic hydroxyl groups excluding tert-OH is 1. The lowest BCUT2D eigenvalue weighted by Gasteiger charge is -2.63. The summed E-state index contributed by atoms with van der Waals surface area (Å²) >= 11 is 6.27. The van der Waals surface area contributed by atoms with Crippen molar-refractivity contribution in [2.75, 3.05) is 79.5 Å². The molecule has 1 aliphatic carbocycles. The lowest BCUT2D eigenvalue weighted by molar-refractivity contribution is -0.164. The molecule has 3 N–H and O–H groups in total. The molecule has 0 radical (unpaired) electrons. The van der Waals surface area contributed by atoms with Gasteiger partial charge in [-0.3, -0.25) is 4.79 Å². The van der Waals surface area contributed by atoms with Crippen molar-refractivity contribution in [2.24, 2.45) is 22.7 Å². The van der Waals surface area contributed by atoms with E-state index in [9.17, 15) is 15.2 Å². The zero-order valence-corrected chi connectivity index (χ0v) is 43.2.